The summed E-state index contributed by atoms with van der Waals surface area (Å²) >= 11 is 3.37. The standard InChI is InChI=1S/C20H26BrN5O9P2/c1-2-13(8-35-37(33,34)11-36(30,31)32)16(27)17(28)20(29)26-10-25-15-18(23-9-24-19(15)26)22-7-12-3-5-14(21)6-4-12/h2-6,9-10,16-17,20,27-29H,7-8,11H2,1H3,(H,33,34)(H,22,23,24)(H2,30,31,32)/b13-2-/t16-,17-,20-/m1/s1. The van der Waals surface area contributed by atoms with Gasteiger partial charge in [0, 0.05) is 11.0 Å². The van der Waals surface area contributed by atoms with Gasteiger partial charge < -0.3 is 39.8 Å². The smallest absolute Gasteiger partial charge is 0.340 e. The number of aromatic nitrogens is 4. The lowest BCUT2D eigenvalue weighted by molar-refractivity contribution is -0.0795. The first-order valence-electron chi connectivity index (χ1n) is 10.7. The molecular formula is C20H26BrN5O9P2. The van der Waals surface area contributed by atoms with E-state index in [1.54, 1.807) is 0 Å². The average molecular weight is 622 g/mol. The minimum absolute atomic E-state index is 0.109. The molecule has 0 bridgehead atoms. The van der Waals surface area contributed by atoms with Crippen LogP contribution < -0.4 is 5.32 Å². The molecule has 0 fully saturated rings. The van der Waals surface area contributed by atoms with Crippen LogP contribution in [0.4, 0.5) is 5.82 Å². The summed E-state index contributed by atoms with van der Waals surface area (Å²) in [7, 11) is -9.53. The van der Waals surface area contributed by atoms with Crippen LogP contribution in [0.2, 0.25) is 0 Å². The van der Waals surface area contributed by atoms with Crippen molar-refractivity contribution >= 4 is 48.1 Å². The van der Waals surface area contributed by atoms with Crippen molar-refractivity contribution in [2.75, 3.05) is 17.8 Å². The van der Waals surface area contributed by atoms with E-state index in [2.05, 4.69) is 36.2 Å². The normalized spacial score (nSPS) is 16.8. The van der Waals surface area contributed by atoms with Gasteiger partial charge in [-0.2, -0.15) is 0 Å². The van der Waals surface area contributed by atoms with Crippen LogP contribution in [0.3, 0.4) is 0 Å². The van der Waals surface area contributed by atoms with Crippen molar-refractivity contribution in [3.8, 4) is 0 Å². The second-order valence-electron chi connectivity index (χ2n) is 7.96. The molecule has 17 heteroatoms. The summed E-state index contributed by atoms with van der Waals surface area (Å²) in [6.07, 6.45) is -1.66. The molecule has 3 rings (SSSR count). The van der Waals surface area contributed by atoms with Gasteiger partial charge in [-0.05, 0) is 30.2 Å². The Morgan fingerprint density at radius 1 is 1.14 bits per heavy atom. The van der Waals surface area contributed by atoms with E-state index < -0.39 is 46.1 Å². The molecule has 0 radical (unpaired) electrons. The molecule has 14 nitrogen and oxygen atoms in total. The molecule has 0 saturated carbocycles. The molecule has 0 spiro atoms. The predicted octanol–water partition coefficient (Wildman–Crippen LogP) is 1.70. The Bertz CT molecular complexity index is 1350. The van der Waals surface area contributed by atoms with Gasteiger partial charge in [0.1, 0.15) is 18.5 Å². The number of hydrogen-bond donors (Lipinski definition) is 7. The van der Waals surface area contributed by atoms with Crippen molar-refractivity contribution in [1.82, 2.24) is 19.5 Å². The Morgan fingerprint density at radius 2 is 1.81 bits per heavy atom. The van der Waals surface area contributed by atoms with Crippen molar-refractivity contribution in [3.05, 3.63) is 58.6 Å². The van der Waals surface area contributed by atoms with Crippen molar-refractivity contribution in [3.63, 3.8) is 0 Å². The van der Waals surface area contributed by atoms with E-state index in [-0.39, 0.29) is 11.2 Å². The molecule has 2 aromatic heterocycles. The minimum atomic E-state index is -4.84. The Hall–Kier alpha value is -2.03. The number of benzene rings is 1. The summed E-state index contributed by atoms with van der Waals surface area (Å²) < 4.78 is 29.6. The first kappa shape index (κ1) is 29.5. The highest BCUT2D eigenvalue weighted by Crippen LogP contribution is 2.55. The average Bonchev–Trinajstić information content (AvgIpc) is 3.26. The van der Waals surface area contributed by atoms with Gasteiger partial charge in [-0.15, -0.1) is 0 Å². The number of hydrogen-bond acceptors (Lipinski definition) is 10. The van der Waals surface area contributed by atoms with E-state index in [9.17, 15) is 29.3 Å². The Balaban J connectivity index is 1.72. The summed E-state index contributed by atoms with van der Waals surface area (Å²) in [4.78, 5) is 39.9. The Kier molecular flexibility index (Phi) is 9.75. The number of rotatable bonds is 12. The van der Waals surface area contributed by atoms with E-state index in [4.69, 9.17) is 14.3 Å². The second kappa shape index (κ2) is 12.2. The van der Waals surface area contributed by atoms with Gasteiger partial charge >= 0.3 is 15.2 Å². The van der Waals surface area contributed by atoms with Crippen molar-refractivity contribution in [2.24, 2.45) is 0 Å². The quantitative estimate of drug-likeness (QED) is 0.113. The molecule has 1 unspecified atom stereocenters. The topological polar surface area (TPSA) is 220 Å². The molecule has 0 saturated heterocycles. The van der Waals surface area contributed by atoms with Crippen molar-refractivity contribution in [2.45, 2.75) is 31.9 Å². The van der Waals surface area contributed by atoms with Crippen LogP contribution in [-0.4, -0.2) is 74.2 Å². The third-order valence-corrected chi connectivity index (χ3v) is 9.16. The zero-order chi connectivity index (χ0) is 27.4. The largest absolute Gasteiger partial charge is 0.386 e. The third-order valence-electron chi connectivity index (χ3n) is 5.19. The van der Waals surface area contributed by atoms with Gasteiger partial charge in [0.25, 0.3) is 0 Å². The van der Waals surface area contributed by atoms with Gasteiger partial charge in [0.2, 0.25) is 0 Å². The van der Waals surface area contributed by atoms with Crippen LogP contribution in [0.15, 0.2) is 53.0 Å². The molecule has 3 aromatic rings. The maximum atomic E-state index is 11.9. The van der Waals surface area contributed by atoms with Gasteiger partial charge in [-0.25, -0.2) is 15.0 Å². The highest BCUT2D eigenvalue weighted by atomic mass is 79.9. The van der Waals surface area contributed by atoms with Crippen molar-refractivity contribution in [1.29, 1.82) is 0 Å². The van der Waals surface area contributed by atoms with Gasteiger partial charge in [-0.3, -0.25) is 13.7 Å². The van der Waals surface area contributed by atoms with Crippen LogP contribution in [0, 0.1) is 0 Å². The van der Waals surface area contributed by atoms with E-state index in [1.165, 1.54) is 25.7 Å². The number of anilines is 1. The van der Waals surface area contributed by atoms with E-state index in [0.717, 1.165) is 14.6 Å². The third kappa shape index (κ3) is 7.98. The maximum absolute atomic E-state index is 11.9. The predicted molar refractivity (Wildman–Crippen MR) is 137 cm³/mol. The maximum Gasteiger partial charge on any atom is 0.340 e. The van der Waals surface area contributed by atoms with Crippen LogP contribution in [0.5, 0.6) is 0 Å². The van der Waals surface area contributed by atoms with E-state index in [1.807, 2.05) is 24.3 Å². The van der Waals surface area contributed by atoms with E-state index >= 15 is 0 Å². The zero-order valence-electron chi connectivity index (χ0n) is 19.4. The number of imidazole rings is 1. The highest BCUT2D eigenvalue weighted by molar-refractivity contribution is 9.10. The second-order valence-corrected chi connectivity index (χ2v) is 12.9. The SMILES string of the molecule is C/C=C(/COP(=O)(O)CP(=O)(O)O)[C@@H](O)[C@@H](O)[C@@H](O)n1cnc2c(NCc3ccc(Br)cc3)ncnc21. The number of allylic oxidation sites excluding steroid dienone is 1. The monoisotopic (exact) mass is 621 g/mol. The van der Waals surface area contributed by atoms with Crippen LogP contribution in [-0.2, 0) is 20.2 Å². The number of aliphatic hydroxyl groups is 3. The van der Waals surface area contributed by atoms with Crippen LogP contribution in [0.1, 0.15) is 18.7 Å². The van der Waals surface area contributed by atoms with Crippen LogP contribution >= 0.6 is 31.1 Å². The summed E-state index contributed by atoms with van der Waals surface area (Å²) in [6.45, 7) is 1.14. The number of fused-ring (bicyclic) bond motifs is 1. The molecule has 0 aliphatic carbocycles. The molecule has 1 aromatic carbocycles. The lowest BCUT2D eigenvalue weighted by Crippen LogP contribution is -2.37. The van der Waals surface area contributed by atoms with E-state index in [0.29, 0.717) is 17.9 Å². The molecule has 202 valence electrons. The molecule has 37 heavy (non-hydrogen) atoms. The van der Waals surface area contributed by atoms with Gasteiger partial charge in [0.05, 0.1) is 12.9 Å². The number of halogens is 1. The summed E-state index contributed by atoms with van der Waals surface area (Å²) in [6, 6.07) is 7.62. The first-order chi connectivity index (χ1) is 17.3. The van der Waals surface area contributed by atoms with Gasteiger partial charge in [0.15, 0.2) is 29.1 Å². The Morgan fingerprint density at radius 3 is 2.43 bits per heavy atom. The molecule has 0 aliphatic rings. The lowest BCUT2D eigenvalue weighted by atomic mass is 10.0. The summed E-state index contributed by atoms with van der Waals surface area (Å²) in [5, 5.41) is 35.1. The molecule has 7 N–H and O–H groups in total. The first-order valence-corrected chi connectivity index (χ1v) is 15.0. The lowest BCUT2D eigenvalue weighted by Gasteiger charge is -2.26. The summed E-state index contributed by atoms with van der Waals surface area (Å²) in [5.74, 6) is -1.03. The van der Waals surface area contributed by atoms with Crippen molar-refractivity contribution < 1.29 is 43.7 Å². The Labute approximate surface area is 219 Å². The summed E-state index contributed by atoms with van der Waals surface area (Å²) in [5.41, 5.74) is 1.32. The minimum Gasteiger partial charge on any atom is -0.386 e. The molecular weight excluding hydrogens is 596 g/mol. The zero-order valence-corrected chi connectivity index (χ0v) is 22.7. The number of nitrogens with zero attached hydrogens (tertiary/aromatic N) is 4. The molecule has 4 atom stereocenters. The fraction of sp³-hybridized carbons (Fsp3) is 0.350. The number of nitrogens with one attached hydrogen (secondary N) is 1. The number of aliphatic hydroxyl groups excluding tert-OH is 3. The van der Waals surface area contributed by atoms with Gasteiger partial charge in [-0.1, -0.05) is 34.1 Å². The fourth-order valence-corrected chi connectivity index (χ4v) is 6.10. The molecule has 0 aliphatic heterocycles. The molecule has 0 amide bonds. The fourth-order valence-electron chi connectivity index (χ4n) is 3.30. The molecule has 2 heterocycles. The van der Waals surface area contributed by atoms with Crippen LogP contribution in [0.25, 0.3) is 11.2 Å². The highest BCUT2D eigenvalue weighted by Gasteiger charge is 2.34.